The number of ether oxygens (including phenoxy) is 2. The summed E-state index contributed by atoms with van der Waals surface area (Å²) in [6, 6.07) is 4.80. The number of methoxy groups -OCH3 is 2. The van der Waals surface area contributed by atoms with Crippen LogP contribution in [0.25, 0.3) is 0 Å². The van der Waals surface area contributed by atoms with Gasteiger partial charge in [-0.2, -0.15) is 0 Å². The summed E-state index contributed by atoms with van der Waals surface area (Å²) in [5, 5.41) is 0. The van der Waals surface area contributed by atoms with Gasteiger partial charge in [0.25, 0.3) is 0 Å². The zero-order valence-electron chi connectivity index (χ0n) is 9.53. The number of benzene rings is 1. The molecule has 15 heavy (non-hydrogen) atoms. The van der Waals surface area contributed by atoms with Crippen molar-refractivity contribution in [2.75, 3.05) is 20.0 Å². The maximum Gasteiger partial charge on any atom is 0.341 e. The number of esters is 1. The number of hydrogen-bond acceptors (Lipinski definition) is 4. The third-order valence-electron chi connectivity index (χ3n) is 1.63. The summed E-state index contributed by atoms with van der Waals surface area (Å²) in [5.74, 6) is 0.00481. The summed E-state index contributed by atoms with van der Waals surface area (Å²) in [5.41, 5.74) is 6.35. The van der Waals surface area contributed by atoms with Gasteiger partial charge in [0.05, 0.1) is 14.2 Å². The van der Waals surface area contributed by atoms with Gasteiger partial charge in [0, 0.05) is 5.69 Å². The molecule has 0 spiro atoms. The monoisotopic (exact) mass is 211 g/mol. The molecule has 0 saturated carbocycles. The lowest BCUT2D eigenvalue weighted by Crippen LogP contribution is -2.04. The van der Waals surface area contributed by atoms with Crippen molar-refractivity contribution in [2.45, 2.75) is 13.8 Å². The van der Waals surface area contributed by atoms with Crippen molar-refractivity contribution in [1.82, 2.24) is 0 Å². The maximum atomic E-state index is 11.2. The Hall–Kier alpha value is -1.71. The fourth-order valence-electron chi connectivity index (χ4n) is 0.995. The van der Waals surface area contributed by atoms with E-state index in [1.807, 2.05) is 13.8 Å². The molecule has 84 valence electrons. The molecule has 1 rings (SSSR count). The van der Waals surface area contributed by atoms with Crippen molar-refractivity contribution in [2.24, 2.45) is 0 Å². The number of anilines is 1. The van der Waals surface area contributed by atoms with E-state index in [-0.39, 0.29) is 0 Å². The Morgan fingerprint density at radius 1 is 1.27 bits per heavy atom. The SMILES string of the molecule is CC.COC(=O)c1cc(N)ccc1OC. The highest BCUT2D eigenvalue weighted by molar-refractivity contribution is 5.93. The Bertz CT molecular complexity index is 324. The molecule has 4 heteroatoms. The minimum Gasteiger partial charge on any atom is -0.496 e. The topological polar surface area (TPSA) is 61.5 Å². The largest absolute Gasteiger partial charge is 0.496 e. The van der Waals surface area contributed by atoms with Crippen LogP contribution in [0.4, 0.5) is 5.69 Å². The maximum absolute atomic E-state index is 11.2. The van der Waals surface area contributed by atoms with Crippen LogP contribution in [-0.4, -0.2) is 20.2 Å². The summed E-state index contributed by atoms with van der Waals surface area (Å²) in [4.78, 5) is 11.2. The first-order chi connectivity index (χ1) is 7.19. The van der Waals surface area contributed by atoms with Crippen molar-refractivity contribution in [1.29, 1.82) is 0 Å². The minimum absolute atomic E-state index is 0.338. The molecule has 0 aliphatic heterocycles. The molecular formula is C11H17NO3. The van der Waals surface area contributed by atoms with Crippen molar-refractivity contribution in [3.05, 3.63) is 23.8 Å². The van der Waals surface area contributed by atoms with E-state index in [4.69, 9.17) is 10.5 Å². The van der Waals surface area contributed by atoms with Gasteiger partial charge in [0.1, 0.15) is 11.3 Å². The van der Waals surface area contributed by atoms with Crippen LogP contribution in [0.1, 0.15) is 24.2 Å². The van der Waals surface area contributed by atoms with Gasteiger partial charge < -0.3 is 15.2 Å². The van der Waals surface area contributed by atoms with Crippen molar-refractivity contribution >= 4 is 11.7 Å². The highest BCUT2D eigenvalue weighted by Crippen LogP contribution is 2.21. The summed E-state index contributed by atoms with van der Waals surface area (Å²) in [6.07, 6.45) is 0. The summed E-state index contributed by atoms with van der Waals surface area (Å²) in [7, 11) is 2.79. The van der Waals surface area contributed by atoms with Crippen LogP contribution in [0, 0.1) is 0 Å². The molecule has 0 radical (unpaired) electrons. The highest BCUT2D eigenvalue weighted by Gasteiger charge is 2.12. The van der Waals surface area contributed by atoms with Crippen LogP contribution in [0.15, 0.2) is 18.2 Å². The van der Waals surface area contributed by atoms with Gasteiger partial charge in [-0.15, -0.1) is 0 Å². The van der Waals surface area contributed by atoms with E-state index >= 15 is 0 Å². The molecule has 0 aromatic heterocycles. The van der Waals surface area contributed by atoms with Gasteiger partial charge in [-0.05, 0) is 18.2 Å². The fraction of sp³-hybridized carbons (Fsp3) is 0.364. The Balaban J connectivity index is 0.000000921. The van der Waals surface area contributed by atoms with E-state index in [0.29, 0.717) is 17.0 Å². The number of carbonyl (C=O) groups excluding carboxylic acids is 1. The lowest BCUT2D eigenvalue weighted by atomic mass is 10.2. The molecule has 0 unspecified atom stereocenters. The Labute approximate surface area is 90.0 Å². The fourth-order valence-corrected chi connectivity index (χ4v) is 0.995. The Morgan fingerprint density at radius 3 is 2.33 bits per heavy atom. The molecule has 0 aliphatic carbocycles. The average Bonchev–Trinajstić information content (AvgIpc) is 2.30. The quantitative estimate of drug-likeness (QED) is 0.601. The molecule has 0 atom stereocenters. The first-order valence-corrected chi connectivity index (χ1v) is 4.71. The van der Waals surface area contributed by atoms with Crippen LogP contribution >= 0.6 is 0 Å². The molecule has 1 aromatic carbocycles. The predicted molar refractivity (Wildman–Crippen MR) is 60.1 cm³/mol. The lowest BCUT2D eigenvalue weighted by Gasteiger charge is -2.06. The minimum atomic E-state index is -0.454. The van der Waals surface area contributed by atoms with E-state index in [2.05, 4.69) is 4.74 Å². The number of nitrogen functional groups attached to an aromatic ring is 1. The van der Waals surface area contributed by atoms with Gasteiger partial charge in [-0.3, -0.25) is 0 Å². The van der Waals surface area contributed by atoms with Crippen LogP contribution in [0.3, 0.4) is 0 Å². The van der Waals surface area contributed by atoms with Crippen molar-refractivity contribution in [3.8, 4) is 5.75 Å². The van der Waals surface area contributed by atoms with Gasteiger partial charge in [-0.25, -0.2) is 4.79 Å². The van der Waals surface area contributed by atoms with Crippen LogP contribution in [0.2, 0.25) is 0 Å². The summed E-state index contributed by atoms with van der Waals surface area (Å²) < 4.78 is 9.53. The smallest absolute Gasteiger partial charge is 0.341 e. The molecule has 0 saturated heterocycles. The van der Waals surface area contributed by atoms with E-state index in [9.17, 15) is 4.79 Å². The number of nitrogens with two attached hydrogens (primary N) is 1. The van der Waals surface area contributed by atoms with Gasteiger partial charge >= 0.3 is 5.97 Å². The molecule has 1 aromatic rings. The molecule has 4 nitrogen and oxygen atoms in total. The second kappa shape index (κ2) is 6.70. The van der Waals surface area contributed by atoms with Crippen LogP contribution in [-0.2, 0) is 4.74 Å². The normalized spacial score (nSPS) is 8.53. The molecular weight excluding hydrogens is 194 g/mol. The molecule has 0 aliphatic rings. The summed E-state index contributed by atoms with van der Waals surface area (Å²) >= 11 is 0. The molecule has 0 bridgehead atoms. The lowest BCUT2D eigenvalue weighted by molar-refractivity contribution is 0.0597. The van der Waals surface area contributed by atoms with Gasteiger partial charge in [0.15, 0.2) is 0 Å². The average molecular weight is 211 g/mol. The number of hydrogen-bond donors (Lipinski definition) is 1. The molecule has 0 heterocycles. The standard InChI is InChI=1S/C9H11NO3.C2H6/c1-12-8-4-3-6(10)5-7(8)9(11)13-2;1-2/h3-5H,10H2,1-2H3;1-2H3. The van der Waals surface area contributed by atoms with Crippen molar-refractivity contribution in [3.63, 3.8) is 0 Å². The predicted octanol–water partition coefficient (Wildman–Crippen LogP) is 2.09. The van der Waals surface area contributed by atoms with E-state index < -0.39 is 5.97 Å². The van der Waals surface area contributed by atoms with Crippen LogP contribution in [0.5, 0.6) is 5.75 Å². The molecule has 0 amide bonds. The zero-order chi connectivity index (χ0) is 11.8. The number of rotatable bonds is 2. The second-order valence-electron chi connectivity index (χ2n) is 2.45. The first-order valence-electron chi connectivity index (χ1n) is 4.71. The van der Waals surface area contributed by atoms with E-state index in [1.165, 1.54) is 20.3 Å². The second-order valence-corrected chi connectivity index (χ2v) is 2.45. The van der Waals surface area contributed by atoms with E-state index in [1.54, 1.807) is 12.1 Å². The van der Waals surface area contributed by atoms with Gasteiger partial charge in [0.2, 0.25) is 0 Å². The Kier molecular flexibility index (Phi) is 5.94. The number of carbonyl (C=O) groups is 1. The summed E-state index contributed by atoms with van der Waals surface area (Å²) in [6.45, 7) is 4.00. The Morgan fingerprint density at radius 2 is 1.87 bits per heavy atom. The highest BCUT2D eigenvalue weighted by atomic mass is 16.5. The molecule has 2 N–H and O–H groups in total. The van der Waals surface area contributed by atoms with Crippen LogP contribution < -0.4 is 10.5 Å². The third-order valence-corrected chi connectivity index (χ3v) is 1.63. The van der Waals surface area contributed by atoms with Gasteiger partial charge in [-0.1, -0.05) is 13.8 Å². The first kappa shape index (κ1) is 13.3. The zero-order valence-corrected chi connectivity index (χ0v) is 9.53. The van der Waals surface area contributed by atoms with Crippen molar-refractivity contribution < 1.29 is 14.3 Å². The molecule has 0 fully saturated rings. The third kappa shape index (κ3) is 3.50. The van der Waals surface area contributed by atoms with E-state index in [0.717, 1.165) is 0 Å².